The van der Waals surface area contributed by atoms with Crippen LogP contribution in [0.2, 0.25) is 0 Å². The second-order valence-corrected chi connectivity index (χ2v) is 4.48. The number of unbranched alkanes of at least 4 members (excludes halogenated alkanes) is 5. The fourth-order valence-electron chi connectivity index (χ4n) is 1.87. The van der Waals surface area contributed by atoms with Crippen LogP contribution in [0, 0.1) is 6.92 Å². The molecule has 89 valence electrons. The van der Waals surface area contributed by atoms with E-state index in [0.29, 0.717) is 11.3 Å². The average Bonchev–Trinajstić information content (AvgIpc) is 2.28. The minimum absolute atomic E-state index is 0.323. The number of aromatic hydroxyl groups is 1. The maximum absolute atomic E-state index is 9.51. The molecule has 0 bridgehead atoms. The molecular weight excluding hydrogens is 196 g/mol. The van der Waals surface area contributed by atoms with Crippen LogP contribution in [0.4, 0.5) is 0 Å². The van der Waals surface area contributed by atoms with Gasteiger partial charge >= 0.3 is 0 Å². The highest BCUT2D eigenvalue weighted by Crippen LogP contribution is 2.19. The molecule has 0 aliphatic carbocycles. The van der Waals surface area contributed by atoms with Crippen molar-refractivity contribution in [3.63, 3.8) is 0 Å². The summed E-state index contributed by atoms with van der Waals surface area (Å²) in [5, 5.41) is 9.51. The van der Waals surface area contributed by atoms with Crippen LogP contribution in [-0.4, -0.2) is 5.11 Å². The molecular formula is C15H23O. The summed E-state index contributed by atoms with van der Waals surface area (Å²) in [5.74, 6) is 0.323. The lowest BCUT2D eigenvalue weighted by atomic mass is 10.0. The highest BCUT2D eigenvalue weighted by atomic mass is 16.3. The monoisotopic (exact) mass is 219 g/mol. The molecule has 1 aromatic carbocycles. The van der Waals surface area contributed by atoms with Crippen LogP contribution in [0.5, 0.6) is 5.75 Å². The molecule has 1 radical (unpaired) electrons. The molecule has 0 aliphatic heterocycles. The Labute approximate surface area is 99.5 Å². The van der Waals surface area contributed by atoms with Crippen molar-refractivity contribution in [2.45, 2.75) is 51.9 Å². The van der Waals surface area contributed by atoms with Gasteiger partial charge in [0.25, 0.3) is 0 Å². The van der Waals surface area contributed by atoms with Crippen molar-refractivity contribution in [3.05, 3.63) is 36.2 Å². The molecule has 0 spiro atoms. The Morgan fingerprint density at radius 2 is 1.75 bits per heavy atom. The van der Waals surface area contributed by atoms with Crippen molar-refractivity contribution in [2.24, 2.45) is 0 Å². The number of benzene rings is 1. The van der Waals surface area contributed by atoms with Crippen molar-refractivity contribution >= 4 is 0 Å². The summed E-state index contributed by atoms with van der Waals surface area (Å²) < 4.78 is 0. The molecule has 0 unspecified atom stereocenters. The number of phenols is 1. The molecule has 1 N–H and O–H groups in total. The predicted octanol–water partition coefficient (Wildman–Crippen LogP) is 4.48. The van der Waals surface area contributed by atoms with E-state index >= 15 is 0 Å². The second-order valence-electron chi connectivity index (χ2n) is 4.48. The number of rotatable bonds is 7. The van der Waals surface area contributed by atoms with Crippen molar-refractivity contribution in [3.8, 4) is 5.75 Å². The first-order chi connectivity index (χ1) is 7.74. The Morgan fingerprint density at radius 3 is 2.44 bits per heavy atom. The summed E-state index contributed by atoms with van der Waals surface area (Å²) >= 11 is 0. The van der Waals surface area contributed by atoms with E-state index in [-0.39, 0.29) is 0 Å². The Hall–Kier alpha value is -0.980. The van der Waals surface area contributed by atoms with E-state index in [9.17, 15) is 5.11 Å². The summed E-state index contributed by atoms with van der Waals surface area (Å²) in [6.45, 7) is 5.98. The maximum Gasteiger partial charge on any atom is 0.119 e. The van der Waals surface area contributed by atoms with E-state index in [1.165, 1.54) is 44.1 Å². The summed E-state index contributed by atoms with van der Waals surface area (Å²) in [4.78, 5) is 0. The topological polar surface area (TPSA) is 20.2 Å². The molecule has 0 aromatic heterocycles. The number of hydrogen-bond acceptors (Lipinski definition) is 1. The average molecular weight is 219 g/mol. The Morgan fingerprint density at radius 1 is 1.06 bits per heavy atom. The Bertz CT molecular complexity index is 304. The van der Waals surface area contributed by atoms with Gasteiger partial charge in [0.1, 0.15) is 5.75 Å². The third-order valence-electron chi connectivity index (χ3n) is 2.97. The Kier molecular flexibility index (Phi) is 5.99. The van der Waals surface area contributed by atoms with Crippen molar-refractivity contribution in [1.29, 1.82) is 0 Å². The van der Waals surface area contributed by atoms with Crippen LogP contribution < -0.4 is 0 Å². The highest BCUT2D eigenvalue weighted by molar-refractivity contribution is 5.38. The number of aryl methyl sites for hydroxylation is 1. The van der Waals surface area contributed by atoms with Crippen LogP contribution in [0.25, 0.3) is 0 Å². The first-order valence-corrected chi connectivity index (χ1v) is 6.38. The number of hydrogen-bond donors (Lipinski definition) is 1. The van der Waals surface area contributed by atoms with Gasteiger partial charge in [-0.2, -0.15) is 0 Å². The molecule has 0 fully saturated rings. The van der Waals surface area contributed by atoms with Gasteiger partial charge in [0.05, 0.1) is 0 Å². The zero-order chi connectivity index (χ0) is 11.8. The van der Waals surface area contributed by atoms with E-state index in [1.807, 2.05) is 12.1 Å². The Balaban J connectivity index is 2.19. The van der Waals surface area contributed by atoms with Gasteiger partial charge in [-0.25, -0.2) is 0 Å². The lowest BCUT2D eigenvalue weighted by Gasteiger charge is -2.04. The largest absolute Gasteiger partial charge is 0.508 e. The van der Waals surface area contributed by atoms with Crippen LogP contribution in [-0.2, 0) is 6.42 Å². The summed E-state index contributed by atoms with van der Waals surface area (Å²) in [6, 6.07) is 5.80. The first-order valence-electron chi connectivity index (χ1n) is 6.38. The van der Waals surface area contributed by atoms with E-state index in [2.05, 4.69) is 19.9 Å². The SMILES string of the molecule is [CH2]c1ccc(CCCCCCCC)cc1O. The highest BCUT2D eigenvalue weighted by Gasteiger charge is 1.98. The van der Waals surface area contributed by atoms with Crippen LogP contribution in [0.15, 0.2) is 18.2 Å². The van der Waals surface area contributed by atoms with Gasteiger partial charge in [-0.15, -0.1) is 0 Å². The normalized spacial score (nSPS) is 10.6. The van der Waals surface area contributed by atoms with Crippen LogP contribution >= 0.6 is 0 Å². The lowest BCUT2D eigenvalue weighted by molar-refractivity contribution is 0.472. The molecule has 1 nitrogen and oxygen atoms in total. The number of phenolic OH excluding ortho intramolecular Hbond substituents is 1. The van der Waals surface area contributed by atoms with Gasteiger partial charge in [0.15, 0.2) is 0 Å². The first kappa shape index (κ1) is 13.1. The minimum Gasteiger partial charge on any atom is -0.508 e. The third kappa shape index (κ3) is 4.69. The second kappa shape index (κ2) is 7.32. The van der Waals surface area contributed by atoms with E-state index in [0.717, 1.165) is 6.42 Å². The molecule has 1 heteroatoms. The molecule has 1 rings (SSSR count). The lowest BCUT2D eigenvalue weighted by Crippen LogP contribution is -1.87. The molecule has 0 saturated heterocycles. The minimum atomic E-state index is 0.323. The smallest absolute Gasteiger partial charge is 0.119 e. The van der Waals surface area contributed by atoms with Crippen molar-refractivity contribution in [1.82, 2.24) is 0 Å². The maximum atomic E-state index is 9.51. The van der Waals surface area contributed by atoms with E-state index in [1.54, 1.807) is 0 Å². The fraction of sp³-hybridized carbons (Fsp3) is 0.533. The third-order valence-corrected chi connectivity index (χ3v) is 2.97. The standard InChI is InChI=1S/C15H23O/c1-3-4-5-6-7-8-9-14-11-10-13(2)15(16)12-14/h10-12,16H,2-9H2,1H3. The van der Waals surface area contributed by atoms with Crippen LogP contribution in [0.3, 0.4) is 0 Å². The van der Waals surface area contributed by atoms with Gasteiger partial charge in [-0.05, 0) is 37.0 Å². The van der Waals surface area contributed by atoms with Crippen LogP contribution in [0.1, 0.15) is 56.6 Å². The van der Waals surface area contributed by atoms with Crippen molar-refractivity contribution in [2.75, 3.05) is 0 Å². The molecule has 0 heterocycles. The quantitative estimate of drug-likeness (QED) is 0.670. The molecule has 1 aromatic rings. The summed E-state index contributed by atoms with van der Waals surface area (Å²) in [5.41, 5.74) is 1.94. The van der Waals surface area contributed by atoms with Gasteiger partial charge in [0.2, 0.25) is 0 Å². The van der Waals surface area contributed by atoms with Gasteiger partial charge in [-0.1, -0.05) is 51.2 Å². The zero-order valence-electron chi connectivity index (χ0n) is 10.3. The molecule has 0 aliphatic rings. The van der Waals surface area contributed by atoms with Gasteiger partial charge in [-0.3, -0.25) is 0 Å². The van der Waals surface area contributed by atoms with Crippen molar-refractivity contribution < 1.29 is 5.11 Å². The fourth-order valence-corrected chi connectivity index (χ4v) is 1.87. The molecule has 0 atom stereocenters. The summed E-state index contributed by atoms with van der Waals surface area (Å²) in [7, 11) is 0. The molecule has 0 amide bonds. The molecule has 16 heavy (non-hydrogen) atoms. The predicted molar refractivity (Wildman–Crippen MR) is 69.6 cm³/mol. The van der Waals surface area contributed by atoms with Gasteiger partial charge in [0, 0.05) is 0 Å². The zero-order valence-corrected chi connectivity index (χ0v) is 10.3. The molecule has 0 saturated carbocycles. The summed E-state index contributed by atoms with van der Waals surface area (Å²) in [6.07, 6.45) is 8.95. The van der Waals surface area contributed by atoms with E-state index < -0.39 is 0 Å². The van der Waals surface area contributed by atoms with Gasteiger partial charge < -0.3 is 5.11 Å². The van der Waals surface area contributed by atoms with E-state index in [4.69, 9.17) is 0 Å².